The molecule has 0 aromatic carbocycles. The van der Waals surface area contributed by atoms with Crippen LogP contribution >= 0.6 is 0 Å². The molecule has 1 aliphatic rings. The summed E-state index contributed by atoms with van der Waals surface area (Å²) >= 11 is 0. The van der Waals surface area contributed by atoms with E-state index in [0.29, 0.717) is 12.2 Å². The fourth-order valence-corrected chi connectivity index (χ4v) is 2.20. The predicted octanol–water partition coefficient (Wildman–Crippen LogP) is 0.663. The summed E-state index contributed by atoms with van der Waals surface area (Å²) in [4.78, 5) is 6.20. The van der Waals surface area contributed by atoms with Gasteiger partial charge in [0.2, 0.25) is 0 Å². The molecule has 0 saturated carbocycles. The number of likely N-dealkylation sites (tertiary alicyclic amines) is 1. The van der Waals surface area contributed by atoms with Crippen LogP contribution < -0.4 is 5.73 Å². The van der Waals surface area contributed by atoms with E-state index in [4.69, 9.17) is 5.73 Å². The van der Waals surface area contributed by atoms with Crippen molar-refractivity contribution >= 4 is 5.82 Å². The largest absolute Gasteiger partial charge is 0.389 e. The molecule has 1 aromatic heterocycles. The normalized spacial score (nSPS) is 20.9. The van der Waals surface area contributed by atoms with E-state index in [-0.39, 0.29) is 0 Å². The lowest BCUT2D eigenvalue weighted by Crippen LogP contribution is -2.44. The van der Waals surface area contributed by atoms with Crippen LogP contribution in [-0.2, 0) is 6.42 Å². The van der Waals surface area contributed by atoms with Crippen molar-refractivity contribution in [2.75, 3.05) is 25.9 Å². The van der Waals surface area contributed by atoms with E-state index in [2.05, 4.69) is 16.9 Å². The highest BCUT2D eigenvalue weighted by Crippen LogP contribution is 2.25. The molecule has 0 bridgehead atoms. The SMILES string of the molecule is CN1CCC(O)(Cc2ccnc(N)c2)CC1. The maximum Gasteiger partial charge on any atom is 0.123 e. The van der Waals surface area contributed by atoms with Crippen LogP contribution in [0.2, 0.25) is 0 Å². The molecule has 0 atom stereocenters. The molecule has 0 aliphatic carbocycles. The highest BCUT2D eigenvalue weighted by Gasteiger charge is 2.31. The summed E-state index contributed by atoms with van der Waals surface area (Å²) in [5.74, 6) is 0.522. The summed E-state index contributed by atoms with van der Waals surface area (Å²) in [5.41, 5.74) is 6.13. The number of nitrogen functional groups attached to an aromatic ring is 1. The summed E-state index contributed by atoms with van der Waals surface area (Å²) in [6, 6.07) is 3.77. The van der Waals surface area contributed by atoms with Crippen molar-refractivity contribution < 1.29 is 5.11 Å². The van der Waals surface area contributed by atoms with Crippen molar-refractivity contribution in [2.24, 2.45) is 0 Å². The van der Waals surface area contributed by atoms with Crippen molar-refractivity contribution in [3.63, 3.8) is 0 Å². The molecule has 1 aromatic rings. The van der Waals surface area contributed by atoms with Crippen LogP contribution in [0.4, 0.5) is 5.82 Å². The Morgan fingerprint density at radius 1 is 1.50 bits per heavy atom. The molecule has 0 radical (unpaired) electrons. The van der Waals surface area contributed by atoms with Crippen molar-refractivity contribution in [3.05, 3.63) is 23.9 Å². The number of hydrogen-bond donors (Lipinski definition) is 2. The molecule has 3 N–H and O–H groups in total. The average molecular weight is 221 g/mol. The number of aromatic nitrogens is 1. The smallest absolute Gasteiger partial charge is 0.123 e. The van der Waals surface area contributed by atoms with Gasteiger partial charge in [0, 0.05) is 25.7 Å². The van der Waals surface area contributed by atoms with E-state index in [9.17, 15) is 5.11 Å². The number of pyridine rings is 1. The minimum atomic E-state index is -0.569. The lowest BCUT2D eigenvalue weighted by atomic mass is 9.86. The van der Waals surface area contributed by atoms with E-state index >= 15 is 0 Å². The van der Waals surface area contributed by atoms with Gasteiger partial charge >= 0.3 is 0 Å². The summed E-state index contributed by atoms with van der Waals surface area (Å²) in [7, 11) is 2.09. The first-order valence-electron chi connectivity index (χ1n) is 5.69. The fraction of sp³-hybridized carbons (Fsp3) is 0.583. The zero-order valence-electron chi connectivity index (χ0n) is 9.69. The Morgan fingerprint density at radius 2 is 2.19 bits per heavy atom. The van der Waals surface area contributed by atoms with E-state index in [0.717, 1.165) is 31.5 Å². The third kappa shape index (κ3) is 2.71. The molecule has 1 aliphatic heterocycles. The van der Waals surface area contributed by atoms with E-state index in [1.165, 1.54) is 0 Å². The molecule has 2 heterocycles. The van der Waals surface area contributed by atoms with Crippen molar-refractivity contribution in [1.29, 1.82) is 0 Å². The minimum absolute atomic E-state index is 0.522. The highest BCUT2D eigenvalue weighted by molar-refractivity contribution is 5.32. The minimum Gasteiger partial charge on any atom is -0.389 e. The van der Waals surface area contributed by atoms with Crippen LogP contribution in [0.3, 0.4) is 0 Å². The molecule has 88 valence electrons. The van der Waals surface area contributed by atoms with Crippen LogP contribution in [-0.4, -0.2) is 40.7 Å². The van der Waals surface area contributed by atoms with Crippen LogP contribution in [0.1, 0.15) is 18.4 Å². The highest BCUT2D eigenvalue weighted by atomic mass is 16.3. The van der Waals surface area contributed by atoms with Crippen LogP contribution in [0.25, 0.3) is 0 Å². The van der Waals surface area contributed by atoms with E-state index in [1.54, 1.807) is 6.20 Å². The van der Waals surface area contributed by atoms with Crippen LogP contribution in [0.5, 0.6) is 0 Å². The van der Waals surface area contributed by atoms with Gasteiger partial charge in [-0.3, -0.25) is 0 Å². The Hall–Kier alpha value is -1.13. The van der Waals surface area contributed by atoms with Crippen molar-refractivity contribution in [2.45, 2.75) is 24.9 Å². The standard InChI is InChI=1S/C12H19N3O/c1-15-6-3-12(16,4-7-15)9-10-2-5-14-11(13)8-10/h2,5,8,16H,3-4,6-7,9H2,1H3,(H2,13,14). The second-order valence-corrected chi connectivity index (χ2v) is 4.79. The van der Waals surface area contributed by atoms with Gasteiger partial charge in [-0.2, -0.15) is 0 Å². The monoisotopic (exact) mass is 221 g/mol. The molecule has 2 rings (SSSR count). The quantitative estimate of drug-likeness (QED) is 0.770. The van der Waals surface area contributed by atoms with E-state index in [1.807, 2.05) is 12.1 Å². The summed E-state index contributed by atoms with van der Waals surface area (Å²) in [5, 5.41) is 10.4. The summed E-state index contributed by atoms with van der Waals surface area (Å²) < 4.78 is 0. The van der Waals surface area contributed by atoms with Gasteiger partial charge in [0.15, 0.2) is 0 Å². The zero-order chi connectivity index (χ0) is 11.6. The fourth-order valence-electron chi connectivity index (χ4n) is 2.20. The van der Waals surface area contributed by atoms with Gasteiger partial charge in [0.1, 0.15) is 5.82 Å². The first-order valence-corrected chi connectivity index (χ1v) is 5.69. The lowest BCUT2D eigenvalue weighted by Gasteiger charge is -2.36. The van der Waals surface area contributed by atoms with Crippen LogP contribution in [0.15, 0.2) is 18.3 Å². The molecule has 1 saturated heterocycles. The first kappa shape index (κ1) is 11.4. The van der Waals surface area contributed by atoms with Gasteiger partial charge in [0.05, 0.1) is 5.60 Å². The van der Waals surface area contributed by atoms with Gasteiger partial charge in [0.25, 0.3) is 0 Å². The zero-order valence-corrected chi connectivity index (χ0v) is 9.69. The third-order valence-corrected chi connectivity index (χ3v) is 3.30. The number of nitrogens with zero attached hydrogens (tertiary/aromatic N) is 2. The van der Waals surface area contributed by atoms with Gasteiger partial charge in [-0.05, 0) is 37.6 Å². The molecule has 0 spiro atoms. The number of anilines is 1. The van der Waals surface area contributed by atoms with Crippen LogP contribution in [0, 0.1) is 0 Å². The van der Waals surface area contributed by atoms with Crippen molar-refractivity contribution in [1.82, 2.24) is 9.88 Å². The number of nitrogens with two attached hydrogens (primary N) is 1. The van der Waals surface area contributed by atoms with Gasteiger partial charge in [-0.1, -0.05) is 0 Å². The summed E-state index contributed by atoms with van der Waals surface area (Å²) in [6.07, 6.45) is 4.02. The Kier molecular flexibility index (Phi) is 3.12. The number of hydrogen-bond acceptors (Lipinski definition) is 4. The lowest BCUT2D eigenvalue weighted by molar-refractivity contribution is -0.0150. The summed E-state index contributed by atoms with van der Waals surface area (Å²) in [6.45, 7) is 1.91. The number of rotatable bonds is 2. The molecule has 0 amide bonds. The van der Waals surface area contributed by atoms with Gasteiger partial charge in [-0.15, -0.1) is 0 Å². The second kappa shape index (κ2) is 4.39. The van der Waals surface area contributed by atoms with E-state index < -0.39 is 5.60 Å². The maximum atomic E-state index is 10.4. The Bertz CT molecular complexity index is 359. The third-order valence-electron chi connectivity index (χ3n) is 3.30. The molecule has 16 heavy (non-hydrogen) atoms. The van der Waals surface area contributed by atoms with Crippen molar-refractivity contribution in [3.8, 4) is 0 Å². The number of piperidine rings is 1. The molecule has 0 unspecified atom stereocenters. The topological polar surface area (TPSA) is 62.4 Å². The maximum absolute atomic E-state index is 10.4. The van der Waals surface area contributed by atoms with Gasteiger partial charge in [-0.25, -0.2) is 4.98 Å². The Morgan fingerprint density at radius 3 is 2.81 bits per heavy atom. The first-order chi connectivity index (χ1) is 7.57. The molecular weight excluding hydrogens is 202 g/mol. The molecular formula is C12H19N3O. The second-order valence-electron chi connectivity index (χ2n) is 4.79. The Labute approximate surface area is 96.1 Å². The number of aliphatic hydroxyl groups is 1. The predicted molar refractivity (Wildman–Crippen MR) is 64.0 cm³/mol. The average Bonchev–Trinajstić information content (AvgIpc) is 2.23. The Balaban J connectivity index is 2.03. The molecule has 1 fully saturated rings. The van der Waals surface area contributed by atoms with Gasteiger partial charge < -0.3 is 15.7 Å². The molecule has 4 heteroatoms. The molecule has 4 nitrogen and oxygen atoms in total.